The number of carbonyl (C=O) groups excluding carboxylic acids is 2. The van der Waals surface area contributed by atoms with Gasteiger partial charge in [-0.1, -0.05) is 6.92 Å². The summed E-state index contributed by atoms with van der Waals surface area (Å²) in [5, 5.41) is 6.47. The van der Waals surface area contributed by atoms with Crippen LogP contribution in [0.25, 0.3) is 0 Å². The van der Waals surface area contributed by atoms with Gasteiger partial charge in [0, 0.05) is 31.1 Å². The summed E-state index contributed by atoms with van der Waals surface area (Å²) in [7, 11) is 4.59. The number of nitrogens with zero attached hydrogens (tertiary/aromatic N) is 1. The van der Waals surface area contributed by atoms with E-state index in [0.29, 0.717) is 35.4 Å². The van der Waals surface area contributed by atoms with Gasteiger partial charge in [0.05, 0.1) is 32.9 Å². The molecule has 9 heteroatoms. The summed E-state index contributed by atoms with van der Waals surface area (Å²) < 4.78 is 16.1. The predicted octanol–water partition coefficient (Wildman–Crippen LogP) is 1.60. The van der Waals surface area contributed by atoms with Gasteiger partial charge < -0.3 is 29.7 Å². The number of hydrogen-bond donors (Lipinski definition) is 2. The number of methoxy groups -OCH3 is 3. The Hall–Kier alpha value is -2.19. The molecule has 0 saturated carbocycles. The Balaban J connectivity index is 0.00000300. The van der Waals surface area contributed by atoms with E-state index in [2.05, 4.69) is 17.6 Å². The third-order valence-electron chi connectivity index (χ3n) is 5.57. The zero-order valence-corrected chi connectivity index (χ0v) is 18.1. The van der Waals surface area contributed by atoms with Crippen LogP contribution in [-0.4, -0.2) is 58.8 Å². The van der Waals surface area contributed by atoms with Crippen molar-refractivity contribution in [1.82, 2.24) is 10.6 Å². The van der Waals surface area contributed by atoms with Crippen molar-refractivity contribution in [3.05, 3.63) is 12.1 Å². The van der Waals surface area contributed by atoms with Crippen LogP contribution in [-0.2, 0) is 9.59 Å². The molecule has 2 amide bonds. The Morgan fingerprint density at radius 1 is 1.17 bits per heavy atom. The summed E-state index contributed by atoms with van der Waals surface area (Å²) in [5.74, 6) is 1.28. The monoisotopic (exact) mass is 427 g/mol. The lowest BCUT2D eigenvalue weighted by atomic mass is 9.94. The quantitative estimate of drug-likeness (QED) is 0.716. The number of ether oxygens (including phenoxy) is 3. The van der Waals surface area contributed by atoms with Crippen LogP contribution in [0.5, 0.6) is 17.2 Å². The number of piperidine rings is 1. The third-order valence-corrected chi connectivity index (χ3v) is 5.57. The fraction of sp³-hybridized carbons (Fsp3) is 0.600. The molecule has 3 atom stereocenters. The van der Waals surface area contributed by atoms with Crippen molar-refractivity contribution < 1.29 is 23.8 Å². The molecule has 0 spiro atoms. The molecule has 3 unspecified atom stereocenters. The van der Waals surface area contributed by atoms with Gasteiger partial charge >= 0.3 is 0 Å². The first kappa shape index (κ1) is 23.1. The van der Waals surface area contributed by atoms with Gasteiger partial charge in [-0.15, -0.1) is 12.4 Å². The standard InChI is InChI=1S/C20H29N3O5.ClH/c1-12-10-21-6-5-15(12)22-20(25)13-7-18(24)23(11-13)14-8-16(26-2)19(28-4)17(9-14)27-3;/h8-9,12-13,15,21H,5-7,10-11H2,1-4H3,(H,22,25);1H. The van der Waals surface area contributed by atoms with Crippen molar-refractivity contribution in [3.8, 4) is 17.2 Å². The molecule has 2 aliphatic heterocycles. The van der Waals surface area contributed by atoms with Crippen molar-refractivity contribution in [1.29, 1.82) is 0 Å². The fourth-order valence-electron chi connectivity index (χ4n) is 3.88. The second-order valence-electron chi connectivity index (χ2n) is 7.37. The average molecular weight is 428 g/mol. The largest absolute Gasteiger partial charge is 0.493 e. The molecule has 2 saturated heterocycles. The highest BCUT2D eigenvalue weighted by Gasteiger charge is 2.37. The fourth-order valence-corrected chi connectivity index (χ4v) is 3.88. The maximum Gasteiger partial charge on any atom is 0.227 e. The zero-order valence-electron chi connectivity index (χ0n) is 17.3. The molecule has 2 aliphatic rings. The molecule has 8 nitrogen and oxygen atoms in total. The Morgan fingerprint density at radius 2 is 1.83 bits per heavy atom. The molecular weight excluding hydrogens is 398 g/mol. The minimum Gasteiger partial charge on any atom is -0.493 e. The van der Waals surface area contributed by atoms with Crippen LogP contribution in [0.3, 0.4) is 0 Å². The lowest BCUT2D eigenvalue weighted by Gasteiger charge is -2.31. The molecule has 2 N–H and O–H groups in total. The summed E-state index contributed by atoms with van der Waals surface area (Å²) in [5.41, 5.74) is 0.630. The smallest absolute Gasteiger partial charge is 0.227 e. The van der Waals surface area contributed by atoms with Crippen molar-refractivity contribution in [2.45, 2.75) is 25.8 Å². The van der Waals surface area contributed by atoms with Crippen LogP contribution in [0.4, 0.5) is 5.69 Å². The summed E-state index contributed by atoms with van der Waals surface area (Å²) in [6, 6.07) is 3.61. The SMILES string of the molecule is COc1cc(N2CC(C(=O)NC3CCNCC3C)CC2=O)cc(OC)c1OC.Cl. The summed E-state index contributed by atoms with van der Waals surface area (Å²) in [6.45, 7) is 4.25. The molecule has 1 aromatic carbocycles. The first-order valence-corrected chi connectivity index (χ1v) is 9.60. The molecule has 0 aliphatic carbocycles. The number of anilines is 1. The molecule has 0 radical (unpaired) electrons. The van der Waals surface area contributed by atoms with Crippen molar-refractivity contribution in [2.75, 3.05) is 45.9 Å². The molecule has 1 aromatic rings. The summed E-state index contributed by atoms with van der Waals surface area (Å²) in [6.07, 6.45) is 1.10. The van der Waals surface area contributed by atoms with Gasteiger partial charge in [0.15, 0.2) is 11.5 Å². The van der Waals surface area contributed by atoms with Crippen molar-refractivity contribution in [2.24, 2.45) is 11.8 Å². The maximum absolute atomic E-state index is 12.7. The van der Waals surface area contributed by atoms with Crippen LogP contribution in [0.15, 0.2) is 12.1 Å². The van der Waals surface area contributed by atoms with Crippen LogP contribution in [0.1, 0.15) is 19.8 Å². The van der Waals surface area contributed by atoms with Crippen LogP contribution in [0.2, 0.25) is 0 Å². The van der Waals surface area contributed by atoms with Crippen molar-refractivity contribution >= 4 is 29.9 Å². The topological polar surface area (TPSA) is 89.1 Å². The second-order valence-corrected chi connectivity index (χ2v) is 7.37. The second kappa shape index (κ2) is 10.0. The molecule has 2 heterocycles. The maximum atomic E-state index is 12.7. The number of benzene rings is 1. The lowest BCUT2D eigenvalue weighted by Crippen LogP contribution is -2.50. The highest BCUT2D eigenvalue weighted by atomic mass is 35.5. The van der Waals surface area contributed by atoms with E-state index in [1.165, 1.54) is 21.3 Å². The van der Waals surface area contributed by atoms with Crippen LogP contribution >= 0.6 is 12.4 Å². The number of rotatable bonds is 6. The normalized spacial score (nSPS) is 23.9. The van der Waals surface area contributed by atoms with E-state index in [4.69, 9.17) is 14.2 Å². The number of amides is 2. The van der Waals surface area contributed by atoms with E-state index < -0.39 is 0 Å². The van der Waals surface area contributed by atoms with Gasteiger partial charge in [0.25, 0.3) is 0 Å². The Morgan fingerprint density at radius 3 is 2.38 bits per heavy atom. The highest BCUT2D eigenvalue weighted by molar-refractivity contribution is 6.00. The zero-order chi connectivity index (χ0) is 20.3. The first-order valence-electron chi connectivity index (χ1n) is 9.60. The third kappa shape index (κ3) is 4.87. The van der Waals surface area contributed by atoms with Gasteiger partial charge in [-0.05, 0) is 25.4 Å². The Kier molecular flexibility index (Phi) is 7.98. The van der Waals surface area contributed by atoms with Crippen LogP contribution < -0.4 is 29.7 Å². The first-order chi connectivity index (χ1) is 13.5. The molecule has 162 valence electrons. The van der Waals surface area contributed by atoms with E-state index >= 15 is 0 Å². The van der Waals surface area contributed by atoms with Crippen molar-refractivity contribution in [3.63, 3.8) is 0 Å². The molecule has 0 aromatic heterocycles. The molecule has 0 bridgehead atoms. The highest BCUT2D eigenvalue weighted by Crippen LogP contribution is 2.42. The Bertz CT molecular complexity index is 720. The van der Waals surface area contributed by atoms with E-state index in [1.807, 2.05) is 0 Å². The van der Waals surface area contributed by atoms with Gasteiger partial charge in [-0.3, -0.25) is 9.59 Å². The number of carbonyl (C=O) groups is 2. The van der Waals surface area contributed by atoms with Gasteiger partial charge in [0.2, 0.25) is 17.6 Å². The summed E-state index contributed by atoms with van der Waals surface area (Å²) in [4.78, 5) is 27.0. The van der Waals surface area contributed by atoms with E-state index in [1.54, 1.807) is 17.0 Å². The van der Waals surface area contributed by atoms with Crippen LogP contribution in [0, 0.1) is 11.8 Å². The molecule has 29 heavy (non-hydrogen) atoms. The summed E-state index contributed by atoms with van der Waals surface area (Å²) >= 11 is 0. The minimum absolute atomic E-state index is 0. The van der Waals surface area contributed by atoms with Gasteiger partial charge in [0.1, 0.15) is 0 Å². The Labute approximate surface area is 177 Å². The van der Waals surface area contributed by atoms with E-state index in [9.17, 15) is 9.59 Å². The number of nitrogens with one attached hydrogen (secondary N) is 2. The lowest BCUT2D eigenvalue weighted by molar-refractivity contribution is -0.127. The average Bonchev–Trinajstić information content (AvgIpc) is 3.10. The molecule has 3 rings (SSSR count). The number of hydrogen-bond acceptors (Lipinski definition) is 6. The van der Waals surface area contributed by atoms with E-state index in [-0.39, 0.29) is 42.6 Å². The molecular formula is C20H30ClN3O5. The number of halogens is 1. The predicted molar refractivity (Wildman–Crippen MR) is 112 cm³/mol. The molecule has 2 fully saturated rings. The minimum atomic E-state index is -0.367. The van der Waals surface area contributed by atoms with E-state index in [0.717, 1.165) is 19.5 Å². The van der Waals surface area contributed by atoms with Gasteiger partial charge in [-0.2, -0.15) is 0 Å². The van der Waals surface area contributed by atoms with Gasteiger partial charge in [-0.25, -0.2) is 0 Å².